The molecular formula is C15H13ClN2O2. The molecule has 0 aliphatic rings. The number of benzene rings is 2. The zero-order valence-electron chi connectivity index (χ0n) is 10.8. The number of halogens is 1. The van der Waals surface area contributed by atoms with Gasteiger partial charge in [0.15, 0.2) is 0 Å². The smallest absolute Gasteiger partial charge is 0.271 e. The second-order valence-corrected chi connectivity index (χ2v) is 4.64. The van der Waals surface area contributed by atoms with Gasteiger partial charge in [0.1, 0.15) is 5.75 Å². The van der Waals surface area contributed by atoms with E-state index < -0.39 is 0 Å². The van der Waals surface area contributed by atoms with E-state index >= 15 is 0 Å². The predicted octanol–water partition coefficient (Wildman–Crippen LogP) is 3.20. The lowest BCUT2D eigenvalue weighted by Crippen LogP contribution is -2.19. The molecule has 0 radical (unpaired) electrons. The third-order valence-corrected chi connectivity index (χ3v) is 2.91. The molecule has 1 amide bonds. The van der Waals surface area contributed by atoms with Gasteiger partial charge in [0.2, 0.25) is 0 Å². The molecular weight excluding hydrogens is 276 g/mol. The first-order valence-electron chi connectivity index (χ1n) is 5.96. The summed E-state index contributed by atoms with van der Waals surface area (Å²) in [4.78, 5) is 11.8. The van der Waals surface area contributed by atoms with Crippen molar-refractivity contribution >= 4 is 23.2 Å². The summed E-state index contributed by atoms with van der Waals surface area (Å²) in [5, 5.41) is 13.9. The second kappa shape index (κ2) is 6.21. The van der Waals surface area contributed by atoms with Crippen molar-refractivity contribution in [3.8, 4) is 5.75 Å². The number of rotatable bonds is 3. The molecule has 0 aliphatic carbocycles. The summed E-state index contributed by atoms with van der Waals surface area (Å²) in [5.41, 5.74) is 4.25. The van der Waals surface area contributed by atoms with Gasteiger partial charge < -0.3 is 5.11 Å². The van der Waals surface area contributed by atoms with E-state index in [-0.39, 0.29) is 11.7 Å². The van der Waals surface area contributed by atoms with Crippen LogP contribution in [0.5, 0.6) is 5.75 Å². The fourth-order valence-electron chi connectivity index (χ4n) is 1.62. The molecule has 2 N–H and O–H groups in total. The van der Waals surface area contributed by atoms with Crippen LogP contribution in [-0.2, 0) is 0 Å². The standard InChI is InChI=1S/C15H13ClN2O2/c1-10(11-4-2-6-13(16)8-11)17-18-15(20)12-5-3-7-14(19)9-12/h2-9,19H,1H3,(H,18,20)/b17-10-. The van der Waals surface area contributed by atoms with E-state index in [1.807, 2.05) is 12.1 Å². The summed E-state index contributed by atoms with van der Waals surface area (Å²) in [7, 11) is 0. The van der Waals surface area contributed by atoms with Crippen LogP contribution < -0.4 is 5.43 Å². The van der Waals surface area contributed by atoms with Gasteiger partial charge in [-0.1, -0.05) is 29.8 Å². The molecule has 102 valence electrons. The monoisotopic (exact) mass is 288 g/mol. The molecule has 0 spiro atoms. The fraction of sp³-hybridized carbons (Fsp3) is 0.0667. The van der Waals surface area contributed by atoms with Crippen LogP contribution >= 0.6 is 11.6 Å². The second-order valence-electron chi connectivity index (χ2n) is 4.20. The van der Waals surface area contributed by atoms with Crippen LogP contribution in [0.2, 0.25) is 5.02 Å². The Hall–Kier alpha value is -2.33. The zero-order chi connectivity index (χ0) is 14.5. The van der Waals surface area contributed by atoms with E-state index in [0.29, 0.717) is 16.3 Å². The average molecular weight is 289 g/mol. The van der Waals surface area contributed by atoms with Gasteiger partial charge in [-0.3, -0.25) is 4.79 Å². The van der Waals surface area contributed by atoms with Crippen molar-refractivity contribution in [3.63, 3.8) is 0 Å². The van der Waals surface area contributed by atoms with Gasteiger partial charge in [-0.15, -0.1) is 0 Å². The quantitative estimate of drug-likeness (QED) is 0.673. The Kier molecular flexibility index (Phi) is 4.38. The highest BCUT2D eigenvalue weighted by molar-refractivity contribution is 6.31. The van der Waals surface area contributed by atoms with E-state index in [9.17, 15) is 9.90 Å². The van der Waals surface area contributed by atoms with E-state index in [4.69, 9.17) is 11.6 Å². The number of hydrazone groups is 1. The summed E-state index contributed by atoms with van der Waals surface area (Å²) in [6.07, 6.45) is 0. The highest BCUT2D eigenvalue weighted by atomic mass is 35.5. The Bertz CT molecular complexity index is 668. The molecule has 0 bridgehead atoms. The molecule has 20 heavy (non-hydrogen) atoms. The summed E-state index contributed by atoms with van der Waals surface area (Å²) >= 11 is 5.89. The lowest BCUT2D eigenvalue weighted by atomic mass is 10.1. The number of nitrogens with one attached hydrogen (secondary N) is 1. The van der Waals surface area contributed by atoms with Crippen LogP contribution in [0.1, 0.15) is 22.8 Å². The van der Waals surface area contributed by atoms with Gasteiger partial charge in [-0.2, -0.15) is 5.10 Å². The highest BCUT2D eigenvalue weighted by Crippen LogP contribution is 2.12. The van der Waals surface area contributed by atoms with Crippen molar-refractivity contribution in [1.82, 2.24) is 5.43 Å². The summed E-state index contributed by atoms with van der Waals surface area (Å²) in [6, 6.07) is 13.3. The predicted molar refractivity (Wildman–Crippen MR) is 79.2 cm³/mol. The van der Waals surface area contributed by atoms with Crippen LogP contribution in [-0.4, -0.2) is 16.7 Å². The van der Waals surface area contributed by atoms with Gasteiger partial charge in [0.05, 0.1) is 5.71 Å². The number of hydrogen-bond acceptors (Lipinski definition) is 3. The number of aromatic hydroxyl groups is 1. The van der Waals surface area contributed by atoms with Crippen molar-refractivity contribution in [2.45, 2.75) is 6.92 Å². The van der Waals surface area contributed by atoms with Gasteiger partial charge in [-0.25, -0.2) is 5.43 Å². The normalized spacial score (nSPS) is 11.2. The fourth-order valence-corrected chi connectivity index (χ4v) is 1.81. The van der Waals surface area contributed by atoms with Crippen LogP contribution in [0.25, 0.3) is 0 Å². The summed E-state index contributed by atoms with van der Waals surface area (Å²) in [6.45, 7) is 1.77. The number of carbonyl (C=O) groups is 1. The molecule has 0 atom stereocenters. The minimum Gasteiger partial charge on any atom is -0.508 e. The molecule has 2 rings (SSSR count). The summed E-state index contributed by atoms with van der Waals surface area (Å²) in [5.74, 6) is -0.351. The molecule has 0 unspecified atom stereocenters. The molecule has 0 fully saturated rings. The maximum absolute atomic E-state index is 11.8. The highest BCUT2D eigenvalue weighted by Gasteiger charge is 2.05. The van der Waals surface area contributed by atoms with Crippen molar-refractivity contribution in [3.05, 3.63) is 64.7 Å². The van der Waals surface area contributed by atoms with E-state index in [2.05, 4.69) is 10.5 Å². The Morgan fingerprint density at radius 3 is 2.55 bits per heavy atom. The molecule has 0 heterocycles. The topological polar surface area (TPSA) is 61.7 Å². The maximum atomic E-state index is 11.8. The number of nitrogens with zero attached hydrogens (tertiary/aromatic N) is 1. The molecule has 4 nitrogen and oxygen atoms in total. The van der Waals surface area contributed by atoms with Gasteiger partial charge in [0.25, 0.3) is 5.91 Å². The number of amides is 1. The van der Waals surface area contributed by atoms with Crippen molar-refractivity contribution < 1.29 is 9.90 Å². The van der Waals surface area contributed by atoms with E-state index in [1.54, 1.807) is 31.2 Å². The Balaban J connectivity index is 2.11. The minimum atomic E-state index is -0.387. The third kappa shape index (κ3) is 3.59. The van der Waals surface area contributed by atoms with E-state index in [0.717, 1.165) is 5.56 Å². The van der Waals surface area contributed by atoms with Gasteiger partial charge in [0, 0.05) is 10.6 Å². The largest absolute Gasteiger partial charge is 0.508 e. The molecule has 0 saturated carbocycles. The lowest BCUT2D eigenvalue weighted by Gasteiger charge is -2.04. The summed E-state index contributed by atoms with van der Waals surface area (Å²) < 4.78 is 0. The van der Waals surface area contributed by atoms with Crippen molar-refractivity contribution in [1.29, 1.82) is 0 Å². The number of phenols is 1. The number of phenolic OH excluding ortho intramolecular Hbond substituents is 1. The maximum Gasteiger partial charge on any atom is 0.271 e. The first-order chi connectivity index (χ1) is 9.56. The van der Waals surface area contributed by atoms with E-state index in [1.165, 1.54) is 12.1 Å². The first-order valence-corrected chi connectivity index (χ1v) is 6.33. The first kappa shape index (κ1) is 14.1. The Morgan fingerprint density at radius 2 is 1.85 bits per heavy atom. The molecule has 0 aromatic heterocycles. The number of hydrogen-bond donors (Lipinski definition) is 2. The minimum absolute atomic E-state index is 0.0354. The Labute approximate surface area is 121 Å². The Morgan fingerprint density at radius 1 is 1.15 bits per heavy atom. The van der Waals surface area contributed by atoms with Gasteiger partial charge in [-0.05, 0) is 42.8 Å². The molecule has 0 aliphatic heterocycles. The number of carbonyl (C=O) groups excluding carboxylic acids is 1. The average Bonchev–Trinajstić information content (AvgIpc) is 2.44. The SMILES string of the molecule is C/C(=N/NC(=O)c1cccc(O)c1)c1cccc(Cl)c1. The molecule has 0 saturated heterocycles. The van der Waals surface area contributed by atoms with Gasteiger partial charge >= 0.3 is 0 Å². The molecule has 5 heteroatoms. The zero-order valence-corrected chi connectivity index (χ0v) is 11.6. The van der Waals surface area contributed by atoms with Crippen molar-refractivity contribution in [2.24, 2.45) is 5.10 Å². The van der Waals surface area contributed by atoms with Crippen LogP contribution in [0, 0.1) is 0 Å². The van der Waals surface area contributed by atoms with Crippen LogP contribution in [0.4, 0.5) is 0 Å². The molecule has 2 aromatic carbocycles. The van der Waals surface area contributed by atoms with Crippen molar-refractivity contribution in [2.75, 3.05) is 0 Å². The van der Waals surface area contributed by atoms with Crippen LogP contribution in [0.15, 0.2) is 53.6 Å². The lowest BCUT2D eigenvalue weighted by molar-refractivity contribution is 0.0954. The van der Waals surface area contributed by atoms with Crippen LogP contribution in [0.3, 0.4) is 0 Å². The molecule has 2 aromatic rings. The third-order valence-electron chi connectivity index (χ3n) is 2.68.